The van der Waals surface area contributed by atoms with Gasteiger partial charge in [-0.25, -0.2) is 0 Å². The molecule has 138 valence electrons. The van der Waals surface area contributed by atoms with E-state index in [-0.39, 0.29) is 11.8 Å². The van der Waals surface area contributed by atoms with Gasteiger partial charge in [0.1, 0.15) is 6.04 Å². The number of carbonyl (C=O) groups excluding carboxylic acids is 2. The largest absolute Gasteiger partial charge is 0.354 e. The van der Waals surface area contributed by atoms with Gasteiger partial charge in [-0.2, -0.15) is 11.8 Å². The Hall–Kier alpha value is -1.49. The van der Waals surface area contributed by atoms with E-state index < -0.39 is 6.04 Å². The average Bonchev–Trinajstić information content (AvgIpc) is 2.63. The van der Waals surface area contributed by atoms with Crippen molar-refractivity contribution in [2.75, 3.05) is 18.6 Å². The first-order valence-corrected chi connectivity index (χ1v) is 10.6. The van der Waals surface area contributed by atoms with Crippen molar-refractivity contribution in [1.29, 1.82) is 0 Å². The molecular formula is C20H30N2O2S. The van der Waals surface area contributed by atoms with Crippen molar-refractivity contribution in [2.24, 2.45) is 5.92 Å². The summed E-state index contributed by atoms with van der Waals surface area (Å²) in [6, 6.07) is 6.99. The fourth-order valence-electron chi connectivity index (χ4n) is 3.29. The van der Waals surface area contributed by atoms with Crippen molar-refractivity contribution in [1.82, 2.24) is 10.6 Å². The molecule has 1 fully saturated rings. The molecule has 0 heterocycles. The summed E-state index contributed by atoms with van der Waals surface area (Å²) >= 11 is 1.69. The molecule has 2 N–H and O–H groups in total. The second-order valence-corrected chi connectivity index (χ2v) is 7.91. The first-order chi connectivity index (χ1) is 12.1. The van der Waals surface area contributed by atoms with Crippen LogP contribution in [0.4, 0.5) is 0 Å². The SMILES string of the molecule is CSCCC(NC(=O)c1cccc(C)c1)C(=O)NCC1CCCCC1. The average molecular weight is 363 g/mol. The lowest BCUT2D eigenvalue weighted by Crippen LogP contribution is -2.48. The molecule has 1 aromatic rings. The maximum Gasteiger partial charge on any atom is 0.251 e. The van der Waals surface area contributed by atoms with Crippen LogP contribution in [0.1, 0.15) is 54.4 Å². The van der Waals surface area contributed by atoms with Gasteiger partial charge in [0.2, 0.25) is 5.91 Å². The molecule has 0 saturated heterocycles. The monoisotopic (exact) mass is 362 g/mol. The third-order valence-corrected chi connectivity index (χ3v) is 5.45. The van der Waals surface area contributed by atoms with Gasteiger partial charge < -0.3 is 10.6 Å². The highest BCUT2D eigenvalue weighted by Gasteiger charge is 2.22. The fourth-order valence-corrected chi connectivity index (χ4v) is 3.76. The number of benzene rings is 1. The van der Waals surface area contributed by atoms with Gasteiger partial charge in [-0.05, 0) is 56.2 Å². The van der Waals surface area contributed by atoms with E-state index in [2.05, 4.69) is 10.6 Å². The van der Waals surface area contributed by atoms with Crippen LogP contribution in [0.25, 0.3) is 0 Å². The molecule has 1 unspecified atom stereocenters. The van der Waals surface area contributed by atoms with Crippen LogP contribution in [0.5, 0.6) is 0 Å². The summed E-state index contributed by atoms with van der Waals surface area (Å²) in [6.45, 7) is 2.69. The number of carbonyl (C=O) groups is 2. The Labute approximate surface area is 155 Å². The Bertz CT molecular complexity index is 571. The molecule has 5 heteroatoms. The van der Waals surface area contributed by atoms with Crippen LogP contribution in [-0.2, 0) is 4.79 Å². The third kappa shape index (κ3) is 6.73. The van der Waals surface area contributed by atoms with E-state index in [0.29, 0.717) is 17.9 Å². The van der Waals surface area contributed by atoms with Crippen molar-refractivity contribution in [2.45, 2.75) is 51.5 Å². The van der Waals surface area contributed by atoms with Crippen LogP contribution in [0.3, 0.4) is 0 Å². The van der Waals surface area contributed by atoms with Gasteiger partial charge in [0.25, 0.3) is 5.91 Å². The van der Waals surface area contributed by atoms with Gasteiger partial charge in [0.15, 0.2) is 0 Å². The van der Waals surface area contributed by atoms with E-state index in [1.807, 2.05) is 31.4 Å². The Morgan fingerprint density at radius 2 is 2.00 bits per heavy atom. The lowest BCUT2D eigenvalue weighted by atomic mass is 9.89. The number of hydrogen-bond donors (Lipinski definition) is 2. The molecule has 1 atom stereocenters. The van der Waals surface area contributed by atoms with E-state index >= 15 is 0 Å². The van der Waals surface area contributed by atoms with Gasteiger partial charge in [0, 0.05) is 12.1 Å². The number of amides is 2. The van der Waals surface area contributed by atoms with Gasteiger partial charge in [-0.1, -0.05) is 37.0 Å². The van der Waals surface area contributed by atoms with Crippen molar-refractivity contribution in [3.05, 3.63) is 35.4 Å². The van der Waals surface area contributed by atoms with E-state index in [9.17, 15) is 9.59 Å². The molecule has 0 radical (unpaired) electrons. The quantitative estimate of drug-likeness (QED) is 0.744. The minimum atomic E-state index is -0.468. The van der Waals surface area contributed by atoms with Gasteiger partial charge in [-0.15, -0.1) is 0 Å². The Morgan fingerprint density at radius 1 is 1.24 bits per heavy atom. The van der Waals surface area contributed by atoms with Crippen LogP contribution < -0.4 is 10.6 Å². The van der Waals surface area contributed by atoms with Crippen LogP contribution in [0.2, 0.25) is 0 Å². The highest BCUT2D eigenvalue weighted by molar-refractivity contribution is 7.98. The zero-order valence-electron chi connectivity index (χ0n) is 15.3. The first kappa shape index (κ1) is 19.8. The molecule has 2 amide bonds. The molecule has 0 spiro atoms. The fraction of sp³-hybridized carbons (Fsp3) is 0.600. The predicted octanol–water partition coefficient (Wildman–Crippen LogP) is 3.54. The molecule has 0 bridgehead atoms. The number of nitrogens with one attached hydrogen (secondary N) is 2. The minimum absolute atomic E-state index is 0.0550. The molecule has 4 nitrogen and oxygen atoms in total. The van der Waals surface area contributed by atoms with E-state index in [1.54, 1.807) is 17.8 Å². The zero-order chi connectivity index (χ0) is 18.1. The summed E-state index contributed by atoms with van der Waals surface area (Å²) in [7, 11) is 0. The summed E-state index contributed by atoms with van der Waals surface area (Å²) in [4.78, 5) is 25.1. The minimum Gasteiger partial charge on any atom is -0.354 e. The maximum atomic E-state index is 12.6. The summed E-state index contributed by atoms with van der Waals surface area (Å²) in [5.74, 6) is 1.20. The topological polar surface area (TPSA) is 58.2 Å². The molecular weight excluding hydrogens is 332 g/mol. The van der Waals surface area contributed by atoms with Crippen LogP contribution in [-0.4, -0.2) is 36.4 Å². The van der Waals surface area contributed by atoms with E-state index in [4.69, 9.17) is 0 Å². The van der Waals surface area contributed by atoms with Crippen LogP contribution >= 0.6 is 11.8 Å². The third-order valence-electron chi connectivity index (χ3n) is 4.80. The molecule has 1 aliphatic rings. The molecule has 0 aliphatic heterocycles. The summed E-state index contributed by atoms with van der Waals surface area (Å²) in [5.41, 5.74) is 1.64. The zero-order valence-corrected chi connectivity index (χ0v) is 16.2. The Morgan fingerprint density at radius 3 is 2.68 bits per heavy atom. The van der Waals surface area contributed by atoms with Gasteiger partial charge >= 0.3 is 0 Å². The molecule has 2 rings (SSSR count). The normalized spacial score (nSPS) is 16.2. The van der Waals surface area contributed by atoms with E-state index in [1.165, 1.54) is 32.1 Å². The summed E-state index contributed by atoms with van der Waals surface area (Å²) in [5, 5.41) is 5.99. The lowest BCUT2D eigenvalue weighted by Gasteiger charge is -2.24. The standard InChI is InChI=1S/C20H30N2O2S/c1-15-7-6-10-17(13-15)19(23)22-18(11-12-25-2)20(24)21-14-16-8-4-3-5-9-16/h6-7,10,13,16,18H,3-5,8-9,11-12,14H2,1-2H3,(H,21,24)(H,22,23). The molecule has 1 saturated carbocycles. The van der Waals surface area contributed by atoms with Crippen LogP contribution in [0.15, 0.2) is 24.3 Å². The molecule has 1 aliphatic carbocycles. The number of hydrogen-bond acceptors (Lipinski definition) is 3. The van der Waals surface area contributed by atoms with Gasteiger partial charge in [0.05, 0.1) is 0 Å². The van der Waals surface area contributed by atoms with Crippen molar-refractivity contribution >= 4 is 23.6 Å². The molecule has 1 aromatic carbocycles. The van der Waals surface area contributed by atoms with Crippen molar-refractivity contribution < 1.29 is 9.59 Å². The molecule has 0 aromatic heterocycles. The number of aryl methyl sites for hydroxylation is 1. The first-order valence-electron chi connectivity index (χ1n) is 9.24. The molecule has 25 heavy (non-hydrogen) atoms. The van der Waals surface area contributed by atoms with Crippen LogP contribution in [0, 0.1) is 12.8 Å². The lowest BCUT2D eigenvalue weighted by molar-refractivity contribution is -0.123. The number of rotatable bonds is 8. The predicted molar refractivity (Wildman–Crippen MR) is 105 cm³/mol. The second kappa shape index (κ2) is 10.5. The summed E-state index contributed by atoms with van der Waals surface area (Å²) < 4.78 is 0. The highest BCUT2D eigenvalue weighted by atomic mass is 32.2. The van der Waals surface area contributed by atoms with Gasteiger partial charge in [-0.3, -0.25) is 9.59 Å². The second-order valence-electron chi connectivity index (χ2n) is 6.93. The summed E-state index contributed by atoms with van der Waals surface area (Å²) in [6.07, 6.45) is 8.90. The maximum absolute atomic E-state index is 12.6. The van der Waals surface area contributed by atoms with Crippen molar-refractivity contribution in [3.8, 4) is 0 Å². The smallest absolute Gasteiger partial charge is 0.251 e. The van der Waals surface area contributed by atoms with E-state index in [0.717, 1.165) is 17.9 Å². The Balaban J connectivity index is 1.91. The highest BCUT2D eigenvalue weighted by Crippen LogP contribution is 2.22. The number of thioether (sulfide) groups is 1. The Kier molecular flexibility index (Phi) is 8.32. The van der Waals surface area contributed by atoms with Crippen molar-refractivity contribution in [3.63, 3.8) is 0 Å².